The summed E-state index contributed by atoms with van der Waals surface area (Å²) in [4.78, 5) is 0. The van der Waals surface area contributed by atoms with Crippen LogP contribution in [0.4, 0.5) is 8.78 Å². The van der Waals surface area contributed by atoms with Gasteiger partial charge in [0, 0.05) is 11.6 Å². The van der Waals surface area contributed by atoms with Gasteiger partial charge in [-0.05, 0) is 29.8 Å². The van der Waals surface area contributed by atoms with Crippen LogP contribution in [-0.2, 0) is 0 Å². The predicted molar refractivity (Wildman–Crippen MR) is 78.6 cm³/mol. The molecular weight excluding hydrogens is 321 g/mol. The standard InChI is InChI=1S/C15H12Cl2F2O2/c1-20-12-4-3-11(15(21-2)14(12)17)13(16)8-5-9(18)7-10(19)6-8/h3-7,13H,1-2H3. The second kappa shape index (κ2) is 6.50. The summed E-state index contributed by atoms with van der Waals surface area (Å²) in [6.45, 7) is 0. The van der Waals surface area contributed by atoms with Gasteiger partial charge in [0.05, 0.1) is 19.6 Å². The van der Waals surface area contributed by atoms with E-state index in [9.17, 15) is 8.78 Å². The molecule has 0 aliphatic heterocycles. The first-order chi connectivity index (χ1) is 9.97. The maximum atomic E-state index is 13.3. The van der Waals surface area contributed by atoms with Crippen molar-refractivity contribution in [2.45, 2.75) is 5.38 Å². The van der Waals surface area contributed by atoms with Crippen LogP contribution >= 0.6 is 23.2 Å². The minimum atomic E-state index is -0.812. The van der Waals surface area contributed by atoms with E-state index in [0.29, 0.717) is 17.1 Å². The Balaban J connectivity index is 2.52. The molecular formula is C15H12Cl2F2O2. The second-order valence-electron chi connectivity index (χ2n) is 4.27. The Morgan fingerprint density at radius 1 is 1.00 bits per heavy atom. The number of hydrogen-bond donors (Lipinski definition) is 0. The van der Waals surface area contributed by atoms with Crippen LogP contribution in [0, 0.1) is 11.6 Å². The van der Waals surface area contributed by atoms with E-state index in [2.05, 4.69) is 0 Å². The van der Waals surface area contributed by atoms with E-state index in [1.54, 1.807) is 12.1 Å². The fourth-order valence-electron chi connectivity index (χ4n) is 2.02. The zero-order valence-corrected chi connectivity index (χ0v) is 12.8. The van der Waals surface area contributed by atoms with Gasteiger partial charge < -0.3 is 9.47 Å². The summed E-state index contributed by atoms with van der Waals surface area (Å²) in [5.74, 6) is -0.671. The lowest BCUT2D eigenvalue weighted by Crippen LogP contribution is -2.00. The number of benzene rings is 2. The van der Waals surface area contributed by atoms with Crippen molar-refractivity contribution in [2.24, 2.45) is 0 Å². The minimum absolute atomic E-state index is 0.250. The van der Waals surface area contributed by atoms with Crippen LogP contribution in [0.5, 0.6) is 11.5 Å². The summed E-state index contributed by atoms with van der Waals surface area (Å²) in [7, 11) is 2.90. The molecule has 0 radical (unpaired) electrons. The van der Waals surface area contributed by atoms with E-state index in [1.165, 1.54) is 26.4 Å². The Labute approximate surface area is 131 Å². The van der Waals surface area contributed by atoms with Crippen LogP contribution in [-0.4, -0.2) is 14.2 Å². The van der Waals surface area contributed by atoms with Gasteiger partial charge >= 0.3 is 0 Å². The molecule has 0 saturated heterocycles. The van der Waals surface area contributed by atoms with Gasteiger partial charge in [-0.25, -0.2) is 8.78 Å². The maximum absolute atomic E-state index is 13.3. The first-order valence-corrected chi connectivity index (χ1v) is 6.79. The molecule has 1 atom stereocenters. The maximum Gasteiger partial charge on any atom is 0.146 e. The lowest BCUT2D eigenvalue weighted by Gasteiger charge is -2.17. The molecule has 2 nitrogen and oxygen atoms in total. The number of methoxy groups -OCH3 is 2. The molecule has 0 heterocycles. The molecule has 0 N–H and O–H groups in total. The van der Waals surface area contributed by atoms with Crippen LogP contribution < -0.4 is 9.47 Å². The van der Waals surface area contributed by atoms with E-state index in [0.717, 1.165) is 6.07 Å². The van der Waals surface area contributed by atoms with Crippen molar-refractivity contribution in [3.8, 4) is 11.5 Å². The van der Waals surface area contributed by atoms with E-state index >= 15 is 0 Å². The van der Waals surface area contributed by atoms with Crippen molar-refractivity contribution in [2.75, 3.05) is 14.2 Å². The molecule has 1 unspecified atom stereocenters. The van der Waals surface area contributed by atoms with Crippen LogP contribution in [0.15, 0.2) is 30.3 Å². The molecule has 6 heteroatoms. The van der Waals surface area contributed by atoms with Crippen LogP contribution in [0.2, 0.25) is 5.02 Å². The Hall–Kier alpha value is -1.52. The van der Waals surface area contributed by atoms with Gasteiger partial charge in [-0.3, -0.25) is 0 Å². The average molecular weight is 333 g/mol. The van der Waals surface area contributed by atoms with Crippen molar-refractivity contribution >= 4 is 23.2 Å². The SMILES string of the molecule is COc1ccc(C(Cl)c2cc(F)cc(F)c2)c(OC)c1Cl. The summed E-state index contributed by atoms with van der Waals surface area (Å²) >= 11 is 12.5. The van der Waals surface area contributed by atoms with Gasteiger partial charge in [-0.15, -0.1) is 11.6 Å². The summed E-state index contributed by atoms with van der Waals surface area (Å²) in [6, 6.07) is 6.37. The van der Waals surface area contributed by atoms with Crippen molar-refractivity contribution in [1.29, 1.82) is 0 Å². The molecule has 0 bridgehead atoms. The Bertz CT molecular complexity index is 642. The molecule has 21 heavy (non-hydrogen) atoms. The topological polar surface area (TPSA) is 18.5 Å². The van der Waals surface area contributed by atoms with Crippen LogP contribution in [0.25, 0.3) is 0 Å². The highest BCUT2D eigenvalue weighted by atomic mass is 35.5. The second-order valence-corrected chi connectivity index (χ2v) is 5.08. The molecule has 0 saturated carbocycles. The molecule has 112 valence electrons. The highest BCUT2D eigenvalue weighted by molar-refractivity contribution is 6.34. The third-order valence-corrected chi connectivity index (χ3v) is 3.81. The van der Waals surface area contributed by atoms with Gasteiger partial charge in [0.15, 0.2) is 0 Å². The first kappa shape index (κ1) is 15.9. The molecule has 0 fully saturated rings. The number of ether oxygens (including phenoxy) is 2. The molecule has 2 aromatic rings. The smallest absolute Gasteiger partial charge is 0.146 e. The van der Waals surface area contributed by atoms with Gasteiger partial charge in [0.1, 0.15) is 28.2 Å². The molecule has 0 amide bonds. The van der Waals surface area contributed by atoms with E-state index < -0.39 is 17.0 Å². The van der Waals surface area contributed by atoms with Crippen molar-refractivity contribution in [3.63, 3.8) is 0 Å². The number of halogens is 4. The molecule has 2 aromatic carbocycles. The van der Waals surface area contributed by atoms with Crippen molar-refractivity contribution in [1.82, 2.24) is 0 Å². The third-order valence-electron chi connectivity index (χ3n) is 2.97. The molecule has 0 aliphatic carbocycles. The van der Waals surface area contributed by atoms with Crippen LogP contribution in [0.1, 0.15) is 16.5 Å². The van der Waals surface area contributed by atoms with Crippen molar-refractivity contribution < 1.29 is 18.3 Å². The molecule has 0 aliphatic rings. The Morgan fingerprint density at radius 2 is 1.62 bits per heavy atom. The van der Waals surface area contributed by atoms with E-state index in [-0.39, 0.29) is 10.6 Å². The quantitative estimate of drug-likeness (QED) is 0.736. The monoisotopic (exact) mass is 332 g/mol. The zero-order chi connectivity index (χ0) is 15.6. The van der Waals surface area contributed by atoms with E-state index in [4.69, 9.17) is 32.7 Å². The lowest BCUT2D eigenvalue weighted by molar-refractivity contribution is 0.392. The third kappa shape index (κ3) is 3.22. The largest absolute Gasteiger partial charge is 0.495 e. The van der Waals surface area contributed by atoms with Gasteiger partial charge in [0.25, 0.3) is 0 Å². The molecule has 0 spiro atoms. The summed E-state index contributed by atoms with van der Waals surface area (Å²) in [6.07, 6.45) is 0. The molecule has 0 aromatic heterocycles. The van der Waals surface area contributed by atoms with Crippen LogP contribution in [0.3, 0.4) is 0 Å². The minimum Gasteiger partial charge on any atom is -0.495 e. The number of hydrogen-bond acceptors (Lipinski definition) is 2. The summed E-state index contributed by atoms with van der Waals surface area (Å²) < 4.78 is 36.9. The van der Waals surface area contributed by atoms with Crippen molar-refractivity contribution in [3.05, 3.63) is 58.1 Å². The Kier molecular flexibility index (Phi) is 4.91. The number of alkyl halides is 1. The highest BCUT2D eigenvalue weighted by Crippen LogP contribution is 2.43. The zero-order valence-electron chi connectivity index (χ0n) is 11.3. The Morgan fingerprint density at radius 3 is 2.14 bits per heavy atom. The summed E-state index contributed by atoms with van der Waals surface area (Å²) in [5.41, 5.74) is 0.767. The highest BCUT2D eigenvalue weighted by Gasteiger charge is 2.21. The average Bonchev–Trinajstić information content (AvgIpc) is 2.45. The normalized spacial score (nSPS) is 12.1. The van der Waals surface area contributed by atoms with Gasteiger partial charge in [-0.2, -0.15) is 0 Å². The molecule has 2 rings (SSSR count). The predicted octanol–water partition coefficient (Wildman–Crippen LogP) is 4.96. The first-order valence-electron chi connectivity index (χ1n) is 5.98. The lowest BCUT2D eigenvalue weighted by atomic mass is 10.0. The van der Waals surface area contributed by atoms with Gasteiger partial charge in [-0.1, -0.05) is 11.6 Å². The summed E-state index contributed by atoms with van der Waals surface area (Å²) in [5, 5.41) is -0.561. The fourth-order valence-corrected chi connectivity index (χ4v) is 2.64. The van der Waals surface area contributed by atoms with E-state index in [1.807, 2.05) is 0 Å². The van der Waals surface area contributed by atoms with Gasteiger partial charge in [0.2, 0.25) is 0 Å². The number of rotatable bonds is 4. The fraction of sp³-hybridized carbons (Fsp3) is 0.200.